The first-order valence-electron chi connectivity index (χ1n) is 7.13. The molecular weight excluding hydrogens is 256 g/mol. The van der Waals surface area contributed by atoms with Crippen LogP contribution in [0.2, 0.25) is 0 Å². The van der Waals surface area contributed by atoms with Crippen LogP contribution in [0.1, 0.15) is 38.5 Å². The number of ether oxygens (including phenoxy) is 1. The molecule has 0 amide bonds. The fourth-order valence-electron chi connectivity index (χ4n) is 2.70. The standard InChI is InChI=1S/C16H20O4/c17-15(18)11-8-12-6-9-13(10-7-12)16(19)20-14-4-2-1-3-5-14/h1-5,12-13H,6-11H2,(H,17,18). The third kappa shape index (κ3) is 4.37. The van der Waals surface area contributed by atoms with Crippen molar-refractivity contribution in [3.8, 4) is 5.75 Å². The van der Waals surface area contributed by atoms with Gasteiger partial charge in [-0.1, -0.05) is 18.2 Å². The number of carboxylic acids is 1. The Morgan fingerprint density at radius 1 is 1.10 bits per heavy atom. The van der Waals surface area contributed by atoms with Gasteiger partial charge in [-0.3, -0.25) is 9.59 Å². The van der Waals surface area contributed by atoms with Gasteiger partial charge >= 0.3 is 11.9 Å². The van der Waals surface area contributed by atoms with Gasteiger partial charge < -0.3 is 9.84 Å². The number of para-hydroxylation sites is 1. The molecule has 0 bridgehead atoms. The molecule has 1 aliphatic carbocycles. The predicted octanol–water partition coefficient (Wildman–Crippen LogP) is 3.26. The number of hydrogen-bond donors (Lipinski definition) is 1. The van der Waals surface area contributed by atoms with Crippen LogP contribution < -0.4 is 4.74 Å². The molecule has 0 heterocycles. The van der Waals surface area contributed by atoms with Crippen LogP contribution in [0.5, 0.6) is 5.75 Å². The maximum atomic E-state index is 12.0. The average Bonchev–Trinajstić information content (AvgIpc) is 2.46. The highest BCUT2D eigenvalue weighted by Crippen LogP contribution is 2.32. The predicted molar refractivity (Wildman–Crippen MR) is 74.4 cm³/mol. The number of carbonyl (C=O) groups excluding carboxylic acids is 1. The molecule has 1 fully saturated rings. The summed E-state index contributed by atoms with van der Waals surface area (Å²) in [5, 5.41) is 8.67. The zero-order valence-corrected chi connectivity index (χ0v) is 11.5. The maximum Gasteiger partial charge on any atom is 0.314 e. The van der Waals surface area contributed by atoms with Gasteiger partial charge in [0, 0.05) is 6.42 Å². The molecule has 20 heavy (non-hydrogen) atoms. The van der Waals surface area contributed by atoms with Crippen molar-refractivity contribution >= 4 is 11.9 Å². The molecule has 108 valence electrons. The van der Waals surface area contributed by atoms with Crippen LogP contribution in [0, 0.1) is 11.8 Å². The second-order valence-electron chi connectivity index (χ2n) is 5.38. The van der Waals surface area contributed by atoms with E-state index in [-0.39, 0.29) is 18.3 Å². The summed E-state index contributed by atoms with van der Waals surface area (Å²) in [6.45, 7) is 0. The lowest BCUT2D eigenvalue weighted by Crippen LogP contribution is -2.25. The number of carboxylic acid groups (broad SMARTS) is 1. The zero-order chi connectivity index (χ0) is 14.4. The Kier molecular flexibility index (Phi) is 5.16. The molecule has 0 radical (unpaired) electrons. The molecule has 4 nitrogen and oxygen atoms in total. The molecule has 0 atom stereocenters. The summed E-state index contributed by atoms with van der Waals surface area (Å²) in [6.07, 6.45) is 4.38. The molecule has 0 unspecified atom stereocenters. The van der Waals surface area contributed by atoms with Crippen molar-refractivity contribution in [2.24, 2.45) is 11.8 Å². The van der Waals surface area contributed by atoms with Crippen molar-refractivity contribution in [2.75, 3.05) is 0 Å². The highest BCUT2D eigenvalue weighted by atomic mass is 16.5. The van der Waals surface area contributed by atoms with Crippen LogP contribution in [-0.4, -0.2) is 17.0 Å². The average molecular weight is 276 g/mol. The number of rotatable bonds is 5. The minimum atomic E-state index is -0.740. The van der Waals surface area contributed by atoms with Crippen molar-refractivity contribution < 1.29 is 19.4 Å². The van der Waals surface area contributed by atoms with E-state index in [9.17, 15) is 9.59 Å². The van der Waals surface area contributed by atoms with E-state index in [4.69, 9.17) is 9.84 Å². The van der Waals surface area contributed by atoms with Gasteiger partial charge in [0.2, 0.25) is 0 Å². The Hall–Kier alpha value is -1.84. The Labute approximate surface area is 118 Å². The van der Waals surface area contributed by atoms with E-state index in [1.807, 2.05) is 18.2 Å². The topological polar surface area (TPSA) is 63.6 Å². The van der Waals surface area contributed by atoms with Crippen molar-refractivity contribution in [3.63, 3.8) is 0 Å². The Morgan fingerprint density at radius 2 is 1.75 bits per heavy atom. The first-order valence-corrected chi connectivity index (χ1v) is 7.13. The highest BCUT2D eigenvalue weighted by Gasteiger charge is 2.27. The van der Waals surface area contributed by atoms with Crippen molar-refractivity contribution in [1.29, 1.82) is 0 Å². The van der Waals surface area contributed by atoms with Crippen molar-refractivity contribution in [3.05, 3.63) is 30.3 Å². The van der Waals surface area contributed by atoms with Crippen LogP contribution in [0.25, 0.3) is 0 Å². The lowest BCUT2D eigenvalue weighted by atomic mass is 9.80. The molecular formula is C16H20O4. The van der Waals surface area contributed by atoms with Gasteiger partial charge in [0.1, 0.15) is 5.75 Å². The quantitative estimate of drug-likeness (QED) is 0.662. The Bertz CT molecular complexity index is 447. The minimum Gasteiger partial charge on any atom is -0.481 e. The molecule has 1 N–H and O–H groups in total. The molecule has 4 heteroatoms. The van der Waals surface area contributed by atoms with Crippen molar-refractivity contribution in [1.82, 2.24) is 0 Å². The lowest BCUT2D eigenvalue weighted by molar-refractivity contribution is -0.141. The van der Waals surface area contributed by atoms with E-state index < -0.39 is 5.97 Å². The van der Waals surface area contributed by atoms with Crippen LogP contribution in [0.15, 0.2) is 30.3 Å². The summed E-state index contributed by atoms with van der Waals surface area (Å²) in [7, 11) is 0. The number of benzene rings is 1. The van der Waals surface area contributed by atoms with E-state index in [1.54, 1.807) is 12.1 Å². The molecule has 0 aliphatic heterocycles. The van der Waals surface area contributed by atoms with Gasteiger partial charge in [0.25, 0.3) is 0 Å². The third-order valence-corrected chi connectivity index (χ3v) is 3.91. The van der Waals surface area contributed by atoms with Crippen LogP contribution in [-0.2, 0) is 9.59 Å². The summed E-state index contributed by atoms with van der Waals surface area (Å²) >= 11 is 0. The minimum absolute atomic E-state index is 0.0451. The molecule has 0 aromatic heterocycles. The number of carbonyl (C=O) groups is 2. The number of aliphatic carboxylic acids is 1. The molecule has 2 rings (SSSR count). The van der Waals surface area contributed by atoms with Crippen LogP contribution in [0.4, 0.5) is 0 Å². The van der Waals surface area contributed by atoms with E-state index in [0.717, 1.165) is 32.1 Å². The Morgan fingerprint density at radius 3 is 2.35 bits per heavy atom. The second-order valence-corrected chi connectivity index (χ2v) is 5.38. The molecule has 0 spiro atoms. The van der Waals surface area contributed by atoms with E-state index in [1.165, 1.54) is 0 Å². The maximum absolute atomic E-state index is 12.0. The smallest absolute Gasteiger partial charge is 0.314 e. The summed E-state index contributed by atoms with van der Waals surface area (Å²) in [6, 6.07) is 9.11. The summed E-state index contributed by atoms with van der Waals surface area (Å²) in [4.78, 5) is 22.6. The van der Waals surface area contributed by atoms with E-state index in [0.29, 0.717) is 11.7 Å². The summed E-state index contributed by atoms with van der Waals surface area (Å²) < 4.78 is 5.35. The van der Waals surface area contributed by atoms with Gasteiger partial charge in [-0.25, -0.2) is 0 Å². The fraction of sp³-hybridized carbons (Fsp3) is 0.500. The van der Waals surface area contributed by atoms with E-state index in [2.05, 4.69) is 0 Å². The second kappa shape index (κ2) is 7.08. The fourth-order valence-corrected chi connectivity index (χ4v) is 2.70. The SMILES string of the molecule is O=C(O)CCC1CCC(C(=O)Oc2ccccc2)CC1. The van der Waals surface area contributed by atoms with Gasteiger partial charge in [-0.15, -0.1) is 0 Å². The molecule has 1 aromatic carbocycles. The lowest BCUT2D eigenvalue weighted by Gasteiger charge is -2.26. The number of hydrogen-bond acceptors (Lipinski definition) is 3. The van der Waals surface area contributed by atoms with Gasteiger partial charge in [-0.05, 0) is 50.2 Å². The first kappa shape index (κ1) is 14.6. The molecule has 1 aromatic rings. The van der Waals surface area contributed by atoms with Crippen LogP contribution >= 0.6 is 0 Å². The largest absolute Gasteiger partial charge is 0.481 e. The number of esters is 1. The van der Waals surface area contributed by atoms with Crippen molar-refractivity contribution in [2.45, 2.75) is 38.5 Å². The highest BCUT2D eigenvalue weighted by molar-refractivity contribution is 5.75. The normalized spacial score (nSPS) is 22.2. The Balaban J connectivity index is 1.76. The summed E-state index contributed by atoms with van der Waals surface area (Å²) in [5.74, 6) is 0.0807. The third-order valence-electron chi connectivity index (χ3n) is 3.91. The molecule has 0 saturated heterocycles. The van der Waals surface area contributed by atoms with Gasteiger partial charge in [0.15, 0.2) is 0 Å². The molecule has 1 saturated carbocycles. The first-order chi connectivity index (χ1) is 9.65. The summed E-state index contributed by atoms with van der Waals surface area (Å²) in [5.41, 5.74) is 0. The zero-order valence-electron chi connectivity index (χ0n) is 11.5. The van der Waals surface area contributed by atoms with Gasteiger partial charge in [0.05, 0.1) is 5.92 Å². The monoisotopic (exact) mass is 276 g/mol. The van der Waals surface area contributed by atoms with Crippen LogP contribution in [0.3, 0.4) is 0 Å². The van der Waals surface area contributed by atoms with Gasteiger partial charge in [-0.2, -0.15) is 0 Å². The van der Waals surface area contributed by atoms with E-state index >= 15 is 0 Å². The molecule has 1 aliphatic rings.